The van der Waals surface area contributed by atoms with Gasteiger partial charge in [-0.1, -0.05) is 18.2 Å². The SMILES string of the molecule is Cc1cccc(OCCCn2cc(C)ccc2=O)c1. The Kier molecular flexibility index (Phi) is 4.39. The lowest BCUT2D eigenvalue weighted by atomic mass is 10.2. The number of rotatable bonds is 5. The van der Waals surface area contributed by atoms with Gasteiger partial charge in [0.25, 0.3) is 5.56 Å². The van der Waals surface area contributed by atoms with E-state index in [1.807, 2.05) is 50.4 Å². The molecule has 100 valence electrons. The molecule has 0 aliphatic carbocycles. The van der Waals surface area contributed by atoms with Crippen molar-refractivity contribution in [3.05, 3.63) is 64.1 Å². The van der Waals surface area contributed by atoms with E-state index in [0.29, 0.717) is 13.2 Å². The highest BCUT2D eigenvalue weighted by Crippen LogP contribution is 2.12. The van der Waals surface area contributed by atoms with Crippen LogP contribution in [0.3, 0.4) is 0 Å². The molecule has 0 atom stereocenters. The molecular formula is C16H19NO2. The van der Waals surface area contributed by atoms with Gasteiger partial charge in [0.15, 0.2) is 0 Å². The lowest BCUT2D eigenvalue weighted by molar-refractivity contribution is 0.300. The first-order chi connectivity index (χ1) is 9.15. The average molecular weight is 257 g/mol. The van der Waals surface area contributed by atoms with E-state index in [9.17, 15) is 4.79 Å². The van der Waals surface area contributed by atoms with Gasteiger partial charge in [0.1, 0.15) is 5.75 Å². The molecule has 0 bridgehead atoms. The van der Waals surface area contributed by atoms with Crippen LogP contribution in [0, 0.1) is 13.8 Å². The second-order valence-electron chi connectivity index (χ2n) is 4.76. The third kappa shape index (κ3) is 3.98. The summed E-state index contributed by atoms with van der Waals surface area (Å²) in [6.45, 7) is 5.33. The molecule has 0 unspecified atom stereocenters. The summed E-state index contributed by atoms with van der Waals surface area (Å²) in [6.07, 6.45) is 2.70. The molecule has 3 nitrogen and oxygen atoms in total. The van der Waals surface area contributed by atoms with Crippen LogP contribution in [0.15, 0.2) is 47.4 Å². The average Bonchev–Trinajstić information content (AvgIpc) is 2.39. The van der Waals surface area contributed by atoms with Gasteiger partial charge < -0.3 is 9.30 Å². The van der Waals surface area contributed by atoms with Gasteiger partial charge in [0, 0.05) is 18.8 Å². The topological polar surface area (TPSA) is 31.2 Å². The van der Waals surface area contributed by atoms with Crippen molar-refractivity contribution in [1.82, 2.24) is 4.57 Å². The molecule has 3 heteroatoms. The van der Waals surface area contributed by atoms with E-state index in [-0.39, 0.29) is 5.56 Å². The molecule has 0 aliphatic rings. The van der Waals surface area contributed by atoms with Gasteiger partial charge in [0.05, 0.1) is 6.61 Å². The van der Waals surface area contributed by atoms with E-state index in [1.165, 1.54) is 5.56 Å². The molecule has 19 heavy (non-hydrogen) atoms. The number of benzene rings is 1. The lowest BCUT2D eigenvalue weighted by Gasteiger charge is -2.08. The zero-order chi connectivity index (χ0) is 13.7. The van der Waals surface area contributed by atoms with Gasteiger partial charge >= 0.3 is 0 Å². The number of pyridine rings is 1. The van der Waals surface area contributed by atoms with Crippen LogP contribution in [-0.2, 0) is 6.54 Å². The fourth-order valence-corrected chi connectivity index (χ4v) is 1.96. The molecule has 0 saturated carbocycles. The van der Waals surface area contributed by atoms with Gasteiger partial charge in [-0.05, 0) is 43.5 Å². The summed E-state index contributed by atoms with van der Waals surface area (Å²) in [7, 11) is 0. The lowest BCUT2D eigenvalue weighted by Crippen LogP contribution is -2.19. The molecule has 0 fully saturated rings. The Labute approximate surface area is 113 Å². The predicted octanol–water partition coefficient (Wildman–Crippen LogP) is 2.93. The number of aryl methyl sites for hydroxylation is 3. The van der Waals surface area contributed by atoms with E-state index >= 15 is 0 Å². The number of nitrogens with zero attached hydrogens (tertiary/aromatic N) is 1. The summed E-state index contributed by atoms with van der Waals surface area (Å²) in [6, 6.07) is 11.4. The Bertz CT molecular complexity index is 602. The van der Waals surface area contributed by atoms with Gasteiger partial charge in [-0.2, -0.15) is 0 Å². The maximum atomic E-state index is 11.6. The van der Waals surface area contributed by atoms with E-state index in [2.05, 4.69) is 0 Å². The Morgan fingerprint density at radius 2 is 1.95 bits per heavy atom. The van der Waals surface area contributed by atoms with Crippen molar-refractivity contribution in [3.8, 4) is 5.75 Å². The first kappa shape index (κ1) is 13.4. The maximum Gasteiger partial charge on any atom is 0.250 e. The van der Waals surface area contributed by atoms with E-state index < -0.39 is 0 Å². The van der Waals surface area contributed by atoms with Crippen molar-refractivity contribution < 1.29 is 4.74 Å². The van der Waals surface area contributed by atoms with Crippen LogP contribution in [0.4, 0.5) is 0 Å². The van der Waals surface area contributed by atoms with Crippen molar-refractivity contribution in [1.29, 1.82) is 0 Å². The van der Waals surface area contributed by atoms with Crippen LogP contribution in [0.1, 0.15) is 17.5 Å². The first-order valence-electron chi connectivity index (χ1n) is 6.52. The van der Waals surface area contributed by atoms with Crippen molar-refractivity contribution in [2.45, 2.75) is 26.8 Å². The molecule has 0 aliphatic heterocycles. The quantitative estimate of drug-likeness (QED) is 0.771. The van der Waals surface area contributed by atoms with Crippen LogP contribution < -0.4 is 10.3 Å². The Morgan fingerprint density at radius 3 is 2.74 bits per heavy atom. The van der Waals surface area contributed by atoms with Gasteiger partial charge in [-0.25, -0.2) is 0 Å². The number of aromatic nitrogens is 1. The van der Waals surface area contributed by atoms with Crippen LogP contribution in [0.25, 0.3) is 0 Å². The summed E-state index contributed by atoms with van der Waals surface area (Å²) in [5.74, 6) is 0.886. The first-order valence-corrected chi connectivity index (χ1v) is 6.52. The minimum absolute atomic E-state index is 0.0427. The second kappa shape index (κ2) is 6.23. The van der Waals surface area contributed by atoms with E-state index in [4.69, 9.17) is 4.74 Å². The fourth-order valence-electron chi connectivity index (χ4n) is 1.96. The fraction of sp³-hybridized carbons (Fsp3) is 0.312. The highest BCUT2D eigenvalue weighted by molar-refractivity contribution is 5.27. The van der Waals surface area contributed by atoms with Crippen LogP contribution in [0.5, 0.6) is 5.75 Å². The number of ether oxygens (including phenoxy) is 1. The minimum atomic E-state index is 0.0427. The van der Waals surface area contributed by atoms with E-state index in [0.717, 1.165) is 17.7 Å². The molecule has 1 aromatic heterocycles. The minimum Gasteiger partial charge on any atom is -0.494 e. The molecule has 2 aromatic rings. The monoisotopic (exact) mass is 257 g/mol. The molecule has 0 radical (unpaired) electrons. The summed E-state index contributed by atoms with van der Waals surface area (Å²) in [5.41, 5.74) is 2.33. The summed E-state index contributed by atoms with van der Waals surface area (Å²) in [4.78, 5) is 11.6. The summed E-state index contributed by atoms with van der Waals surface area (Å²) in [5, 5.41) is 0. The number of hydrogen-bond donors (Lipinski definition) is 0. The van der Waals surface area contributed by atoms with Crippen LogP contribution >= 0.6 is 0 Å². The Hall–Kier alpha value is -2.03. The zero-order valence-corrected chi connectivity index (χ0v) is 11.4. The van der Waals surface area contributed by atoms with Gasteiger partial charge in [-0.15, -0.1) is 0 Å². The molecule has 1 aromatic carbocycles. The third-order valence-electron chi connectivity index (χ3n) is 2.93. The third-order valence-corrected chi connectivity index (χ3v) is 2.93. The van der Waals surface area contributed by atoms with Gasteiger partial charge in [0.2, 0.25) is 0 Å². The molecule has 0 saturated heterocycles. The molecule has 1 heterocycles. The van der Waals surface area contributed by atoms with Gasteiger partial charge in [-0.3, -0.25) is 4.79 Å². The number of hydrogen-bond acceptors (Lipinski definition) is 2. The molecule has 0 amide bonds. The zero-order valence-electron chi connectivity index (χ0n) is 11.4. The largest absolute Gasteiger partial charge is 0.494 e. The highest BCUT2D eigenvalue weighted by atomic mass is 16.5. The van der Waals surface area contributed by atoms with Crippen molar-refractivity contribution in [2.24, 2.45) is 0 Å². The van der Waals surface area contributed by atoms with Crippen molar-refractivity contribution in [3.63, 3.8) is 0 Å². The summed E-state index contributed by atoms with van der Waals surface area (Å²) < 4.78 is 7.39. The van der Waals surface area contributed by atoms with Crippen molar-refractivity contribution in [2.75, 3.05) is 6.61 Å². The normalized spacial score (nSPS) is 10.4. The molecular weight excluding hydrogens is 238 g/mol. The molecule has 0 N–H and O–H groups in total. The van der Waals surface area contributed by atoms with Crippen LogP contribution in [0.2, 0.25) is 0 Å². The predicted molar refractivity (Wildman–Crippen MR) is 76.7 cm³/mol. The van der Waals surface area contributed by atoms with Crippen molar-refractivity contribution >= 4 is 0 Å². The highest BCUT2D eigenvalue weighted by Gasteiger charge is 1.98. The Morgan fingerprint density at radius 1 is 1.11 bits per heavy atom. The molecule has 2 rings (SSSR count). The maximum absolute atomic E-state index is 11.6. The smallest absolute Gasteiger partial charge is 0.250 e. The van der Waals surface area contributed by atoms with E-state index in [1.54, 1.807) is 10.6 Å². The molecule has 0 spiro atoms. The Balaban J connectivity index is 1.84. The standard InChI is InChI=1S/C16H19NO2/c1-13-5-3-6-15(11-13)19-10-4-9-17-12-14(2)7-8-16(17)18/h3,5-8,11-12H,4,9-10H2,1-2H3. The second-order valence-corrected chi connectivity index (χ2v) is 4.76. The van der Waals surface area contributed by atoms with Crippen LogP contribution in [-0.4, -0.2) is 11.2 Å². The summed E-state index contributed by atoms with van der Waals surface area (Å²) >= 11 is 0.